The minimum atomic E-state index is -0.156. The van der Waals surface area contributed by atoms with Crippen LogP contribution in [0.5, 0.6) is 0 Å². The molecule has 0 unspecified atom stereocenters. The van der Waals surface area contributed by atoms with Gasteiger partial charge in [0.2, 0.25) is 0 Å². The van der Waals surface area contributed by atoms with Crippen LogP contribution in [0.4, 0.5) is 0 Å². The number of nitrogens with two attached hydrogens (primary N) is 1. The van der Waals surface area contributed by atoms with Crippen molar-refractivity contribution in [2.75, 3.05) is 13.2 Å². The van der Waals surface area contributed by atoms with E-state index < -0.39 is 0 Å². The predicted molar refractivity (Wildman–Crippen MR) is 78.3 cm³/mol. The molecule has 1 aliphatic rings. The SMILES string of the molecule is Cc1ccc2c(n1)C(=NOCC(C)(C)CON)CCC2. The fourth-order valence-corrected chi connectivity index (χ4v) is 2.24. The van der Waals surface area contributed by atoms with Crippen molar-refractivity contribution in [3.8, 4) is 0 Å². The molecule has 0 saturated heterocycles. The summed E-state index contributed by atoms with van der Waals surface area (Å²) < 4.78 is 0. The van der Waals surface area contributed by atoms with Crippen molar-refractivity contribution >= 4 is 5.71 Å². The van der Waals surface area contributed by atoms with Gasteiger partial charge in [0.25, 0.3) is 0 Å². The molecule has 1 aliphatic carbocycles. The van der Waals surface area contributed by atoms with Gasteiger partial charge in [-0.15, -0.1) is 0 Å². The number of rotatable bonds is 5. The molecule has 2 rings (SSSR count). The lowest BCUT2D eigenvalue weighted by Crippen LogP contribution is -2.26. The summed E-state index contributed by atoms with van der Waals surface area (Å²) in [4.78, 5) is 14.8. The molecule has 0 bridgehead atoms. The third-order valence-corrected chi connectivity index (χ3v) is 3.36. The smallest absolute Gasteiger partial charge is 0.124 e. The van der Waals surface area contributed by atoms with Crippen LogP contribution in [0, 0.1) is 12.3 Å². The van der Waals surface area contributed by atoms with Crippen molar-refractivity contribution in [2.45, 2.75) is 40.0 Å². The molecule has 0 fully saturated rings. The van der Waals surface area contributed by atoms with E-state index >= 15 is 0 Å². The molecule has 0 aromatic carbocycles. The Hall–Kier alpha value is -1.46. The number of fused-ring (bicyclic) bond motifs is 1. The van der Waals surface area contributed by atoms with Gasteiger partial charge in [0.1, 0.15) is 12.3 Å². The fraction of sp³-hybridized carbons (Fsp3) is 0.600. The summed E-state index contributed by atoms with van der Waals surface area (Å²) in [5, 5.41) is 4.29. The molecule has 0 radical (unpaired) electrons. The van der Waals surface area contributed by atoms with E-state index in [9.17, 15) is 0 Å². The van der Waals surface area contributed by atoms with Crippen LogP contribution in [0.15, 0.2) is 17.3 Å². The highest BCUT2D eigenvalue weighted by Crippen LogP contribution is 2.21. The zero-order valence-electron chi connectivity index (χ0n) is 12.5. The number of pyridine rings is 1. The Balaban J connectivity index is 2.07. The van der Waals surface area contributed by atoms with E-state index in [1.807, 2.05) is 26.8 Å². The third kappa shape index (κ3) is 3.77. The van der Waals surface area contributed by atoms with Crippen molar-refractivity contribution in [2.24, 2.45) is 16.5 Å². The average molecular weight is 277 g/mol. The molecule has 0 amide bonds. The number of hydrogen-bond donors (Lipinski definition) is 1. The number of hydrogen-bond acceptors (Lipinski definition) is 5. The average Bonchev–Trinajstić information content (AvgIpc) is 2.39. The van der Waals surface area contributed by atoms with E-state index in [1.54, 1.807) is 0 Å². The molecule has 0 spiro atoms. The van der Waals surface area contributed by atoms with Crippen LogP contribution in [0.2, 0.25) is 0 Å². The van der Waals surface area contributed by atoms with Gasteiger partial charge in [-0.2, -0.15) is 0 Å². The molecule has 0 aliphatic heterocycles. The standard InChI is InChI=1S/C15H23N3O2/c1-11-7-8-12-5-4-6-13(14(12)17-11)18-20-10-15(2,3)9-19-16/h7-8H,4-6,9-10,16H2,1-3H3. The Morgan fingerprint density at radius 2 is 2.10 bits per heavy atom. The van der Waals surface area contributed by atoms with Gasteiger partial charge in [-0.3, -0.25) is 4.98 Å². The zero-order chi connectivity index (χ0) is 14.6. The highest BCUT2D eigenvalue weighted by Gasteiger charge is 2.21. The molecular formula is C15H23N3O2. The second-order valence-corrected chi connectivity index (χ2v) is 6.10. The minimum absolute atomic E-state index is 0.156. The molecule has 1 heterocycles. The van der Waals surface area contributed by atoms with Crippen molar-refractivity contribution in [3.05, 3.63) is 29.1 Å². The van der Waals surface area contributed by atoms with E-state index in [0.717, 1.165) is 36.4 Å². The molecule has 110 valence electrons. The molecule has 1 aromatic rings. The summed E-state index contributed by atoms with van der Waals surface area (Å²) in [6, 6.07) is 4.18. The number of aryl methyl sites for hydroxylation is 2. The lowest BCUT2D eigenvalue weighted by atomic mass is 9.94. The lowest BCUT2D eigenvalue weighted by Gasteiger charge is -2.22. The van der Waals surface area contributed by atoms with Crippen LogP contribution in [0.3, 0.4) is 0 Å². The maximum Gasteiger partial charge on any atom is 0.124 e. The first-order valence-corrected chi connectivity index (χ1v) is 6.99. The van der Waals surface area contributed by atoms with Crippen LogP contribution in [0.25, 0.3) is 0 Å². The fourth-order valence-electron chi connectivity index (χ4n) is 2.24. The van der Waals surface area contributed by atoms with E-state index in [2.05, 4.69) is 21.0 Å². The Labute approximate surface area is 120 Å². The number of nitrogens with zero attached hydrogens (tertiary/aromatic N) is 2. The van der Waals surface area contributed by atoms with Gasteiger partial charge >= 0.3 is 0 Å². The van der Waals surface area contributed by atoms with Gasteiger partial charge in [-0.25, -0.2) is 5.90 Å². The maximum atomic E-state index is 5.50. The molecule has 5 nitrogen and oxygen atoms in total. The van der Waals surface area contributed by atoms with E-state index in [1.165, 1.54) is 5.56 Å². The first kappa shape index (κ1) is 14.9. The first-order chi connectivity index (χ1) is 9.52. The Bertz CT molecular complexity index is 498. The topological polar surface area (TPSA) is 69.7 Å². The van der Waals surface area contributed by atoms with Crippen molar-refractivity contribution in [1.82, 2.24) is 4.98 Å². The Morgan fingerprint density at radius 1 is 1.30 bits per heavy atom. The van der Waals surface area contributed by atoms with Crippen molar-refractivity contribution < 1.29 is 9.68 Å². The number of aromatic nitrogens is 1. The predicted octanol–water partition coefficient (Wildman–Crippen LogP) is 2.36. The van der Waals surface area contributed by atoms with Gasteiger partial charge in [0.05, 0.1) is 12.3 Å². The highest BCUT2D eigenvalue weighted by atomic mass is 16.6. The molecular weight excluding hydrogens is 254 g/mol. The van der Waals surface area contributed by atoms with Crippen LogP contribution in [-0.4, -0.2) is 23.9 Å². The largest absolute Gasteiger partial charge is 0.395 e. The summed E-state index contributed by atoms with van der Waals surface area (Å²) in [5.41, 5.74) is 4.04. The quantitative estimate of drug-likeness (QED) is 0.839. The molecule has 5 heteroatoms. The first-order valence-electron chi connectivity index (χ1n) is 6.99. The third-order valence-electron chi connectivity index (χ3n) is 3.36. The van der Waals surface area contributed by atoms with Gasteiger partial charge in [-0.1, -0.05) is 25.1 Å². The van der Waals surface area contributed by atoms with Gasteiger partial charge < -0.3 is 9.68 Å². The van der Waals surface area contributed by atoms with E-state index in [4.69, 9.17) is 10.7 Å². The van der Waals surface area contributed by atoms with Crippen LogP contribution >= 0.6 is 0 Å². The zero-order valence-corrected chi connectivity index (χ0v) is 12.5. The second kappa shape index (κ2) is 6.33. The van der Waals surface area contributed by atoms with Crippen LogP contribution in [-0.2, 0) is 16.1 Å². The van der Waals surface area contributed by atoms with E-state index in [-0.39, 0.29) is 5.41 Å². The van der Waals surface area contributed by atoms with Crippen molar-refractivity contribution in [3.63, 3.8) is 0 Å². The maximum absolute atomic E-state index is 5.50. The lowest BCUT2D eigenvalue weighted by molar-refractivity contribution is -0.00250. The molecule has 0 saturated carbocycles. The van der Waals surface area contributed by atoms with Gasteiger partial charge in [-0.05, 0) is 37.8 Å². The van der Waals surface area contributed by atoms with Crippen LogP contribution < -0.4 is 5.90 Å². The van der Waals surface area contributed by atoms with Gasteiger partial charge in [0, 0.05) is 11.1 Å². The summed E-state index contributed by atoms with van der Waals surface area (Å²) in [7, 11) is 0. The second-order valence-electron chi connectivity index (χ2n) is 6.10. The van der Waals surface area contributed by atoms with Crippen LogP contribution in [0.1, 0.15) is 43.6 Å². The molecule has 20 heavy (non-hydrogen) atoms. The minimum Gasteiger partial charge on any atom is -0.395 e. The van der Waals surface area contributed by atoms with Gasteiger partial charge in [0.15, 0.2) is 0 Å². The highest BCUT2D eigenvalue weighted by molar-refractivity contribution is 6.00. The Morgan fingerprint density at radius 3 is 2.85 bits per heavy atom. The monoisotopic (exact) mass is 277 g/mol. The van der Waals surface area contributed by atoms with Crippen molar-refractivity contribution in [1.29, 1.82) is 0 Å². The normalized spacial score (nSPS) is 17.1. The Kier molecular flexibility index (Phi) is 4.73. The van der Waals surface area contributed by atoms with E-state index in [0.29, 0.717) is 13.2 Å². The summed E-state index contributed by atoms with van der Waals surface area (Å²) >= 11 is 0. The summed E-state index contributed by atoms with van der Waals surface area (Å²) in [5.74, 6) is 5.11. The molecule has 0 atom stereocenters. The summed E-state index contributed by atoms with van der Waals surface area (Å²) in [6.45, 7) is 6.95. The molecule has 1 aromatic heterocycles. The molecule has 2 N–H and O–H groups in total. The number of oxime groups is 1. The summed E-state index contributed by atoms with van der Waals surface area (Å²) in [6.07, 6.45) is 3.07.